The molecular weight excluding hydrogens is 407 g/mol. The molecule has 0 heterocycles. The van der Waals surface area contributed by atoms with Gasteiger partial charge in [0.2, 0.25) is 0 Å². The standard InChI is InChI=1S/4C5H5.2ClH.2Ti/c4*1-2-4-5-3-1;;;;/h4*1-5H;2*1H;;/q4*-1;;;2*+3/p-2. The first-order chi connectivity index (χ1) is 10.0. The van der Waals surface area contributed by atoms with Crippen LogP contribution in [0.3, 0.4) is 0 Å². The molecule has 4 rings (SSSR count). The quantitative estimate of drug-likeness (QED) is 0.266. The Labute approximate surface area is 188 Å². The molecule has 0 amide bonds. The molecule has 0 aliphatic carbocycles. The molecule has 0 atom stereocenters. The second-order valence-electron chi connectivity index (χ2n) is 3.85. The maximum absolute atomic E-state index is 2.00. The Hall–Kier alpha value is -0.591. The summed E-state index contributed by atoms with van der Waals surface area (Å²) >= 11 is 0. The average Bonchev–Trinajstić information content (AvgIpc) is 3.40. The molecule has 24 heavy (non-hydrogen) atoms. The van der Waals surface area contributed by atoms with Crippen LogP contribution in [0, 0.1) is 0 Å². The SMILES string of the molecule is [Cl-].[Cl-].[Ti+3].[Ti+3].c1cc[cH-]c1.c1cc[cH-]c1.c1cc[cH-]c1.c1cc[cH-]c1. The van der Waals surface area contributed by atoms with Gasteiger partial charge in [-0.1, -0.05) is 0 Å². The molecule has 0 aliphatic heterocycles. The van der Waals surface area contributed by atoms with Gasteiger partial charge in [0.15, 0.2) is 0 Å². The number of hydrogen-bond donors (Lipinski definition) is 0. The second-order valence-corrected chi connectivity index (χ2v) is 3.85. The molecule has 0 aromatic heterocycles. The predicted octanol–water partition coefficient (Wildman–Crippen LogP) is -0.375. The molecule has 0 saturated carbocycles. The third-order valence-corrected chi connectivity index (χ3v) is 2.22. The molecule has 4 aromatic carbocycles. The first kappa shape index (κ1) is 31.2. The van der Waals surface area contributed by atoms with E-state index in [-0.39, 0.29) is 68.2 Å². The molecule has 0 saturated heterocycles. The summed E-state index contributed by atoms with van der Waals surface area (Å²) in [5, 5.41) is 0. The molecule has 0 fully saturated rings. The van der Waals surface area contributed by atoms with Crippen molar-refractivity contribution in [1.29, 1.82) is 0 Å². The zero-order valence-electron chi connectivity index (χ0n) is 13.3. The van der Waals surface area contributed by atoms with Crippen LogP contribution < -0.4 is 24.8 Å². The van der Waals surface area contributed by atoms with Gasteiger partial charge in [0, 0.05) is 0 Å². The molecule has 0 spiro atoms. The van der Waals surface area contributed by atoms with Crippen molar-refractivity contribution in [2.75, 3.05) is 0 Å². The molecule has 122 valence electrons. The molecule has 0 N–H and O–H groups in total. The Bertz CT molecular complexity index is 351. The van der Waals surface area contributed by atoms with Gasteiger partial charge in [0.25, 0.3) is 0 Å². The summed E-state index contributed by atoms with van der Waals surface area (Å²) in [6.07, 6.45) is 0. The zero-order valence-corrected chi connectivity index (χ0v) is 17.9. The minimum atomic E-state index is 0. The van der Waals surface area contributed by atoms with E-state index >= 15 is 0 Å². The van der Waals surface area contributed by atoms with Crippen LogP contribution in [0.25, 0.3) is 0 Å². The Morgan fingerprint density at radius 2 is 0.417 bits per heavy atom. The maximum atomic E-state index is 2.00. The normalized spacial score (nSPS) is 6.67. The van der Waals surface area contributed by atoms with E-state index in [0.29, 0.717) is 0 Å². The fourth-order valence-corrected chi connectivity index (χ4v) is 1.28. The maximum Gasteiger partial charge on any atom is 3.00 e. The molecule has 0 nitrogen and oxygen atoms in total. The van der Waals surface area contributed by atoms with E-state index in [4.69, 9.17) is 0 Å². The van der Waals surface area contributed by atoms with E-state index < -0.39 is 0 Å². The molecule has 0 aliphatic rings. The van der Waals surface area contributed by atoms with Crippen LogP contribution >= 0.6 is 0 Å². The largest absolute Gasteiger partial charge is 3.00 e. The summed E-state index contributed by atoms with van der Waals surface area (Å²) in [4.78, 5) is 0. The van der Waals surface area contributed by atoms with Crippen LogP contribution in [0.5, 0.6) is 0 Å². The van der Waals surface area contributed by atoms with E-state index in [0.717, 1.165) is 0 Å². The first-order valence-electron chi connectivity index (χ1n) is 6.67. The number of rotatable bonds is 0. The van der Waals surface area contributed by atoms with Gasteiger partial charge in [-0.15, -0.1) is 0 Å². The van der Waals surface area contributed by atoms with E-state index in [9.17, 15) is 0 Å². The first-order valence-corrected chi connectivity index (χ1v) is 6.67. The third-order valence-electron chi connectivity index (χ3n) is 2.22. The van der Waals surface area contributed by atoms with E-state index in [1.807, 2.05) is 121 Å². The van der Waals surface area contributed by atoms with E-state index in [1.54, 1.807) is 0 Å². The third kappa shape index (κ3) is 23.7. The molecule has 2 radical (unpaired) electrons. The van der Waals surface area contributed by atoms with Crippen molar-refractivity contribution in [2.24, 2.45) is 0 Å². The molecule has 4 aromatic rings. The van der Waals surface area contributed by atoms with Gasteiger partial charge in [-0.25, -0.2) is 48.5 Å². The van der Waals surface area contributed by atoms with Gasteiger partial charge in [0.05, 0.1) is 0 Å². The fourth-order valence-electron chi connectivity index (χ4n) is 1.28. The Morgan fingerprint density at radius 3 is 0.458 bits per heavy atom. The number of halogens is 2. The van der Waals surface area contributed by atoms with Crippen molar-refractivity contribution in [2.45, 2.75) is 0 Å². The van der Waals surface area contributed by atoms with Crippen molar-refractivity contribution in [1.82, 2.24) is 0 Å². The Kier molecular flexibility index (Phi) is 35.4. The topological polar surface area (TPSA) is 0 Å². The van der Waals surface area contributed by atoms with Crippen molar-refractivity contribution >= 4 is 0 Å². The van der Waals surface area contributed by atoms with Crippen LogP contribution in [-0.4, -0.2) is 0 Å². The summed E-state index contributed by atoms with van der Waals surface area (Å²) in [5.74, 6) is 0. The van der Waals surface area contributed by atoms with Gasteiger partial charge < -0.3 is 24.8 Å². The van der Waals surface area contributed by atoms with Crippen molar-refractivity contribution in [3.63, 3.8) is 0 Å². The molecule has 0 unspecified atom stereocenters. The van der Waals surface area contributed by atoms with E-state index in [1.165, 1.54) is 0 Å². The van der Waals surface area contributed by atoms with Crippen LogP contribution in [0.4, 0.5) is 0 Å². The monoisotopic (exact) mass is 426 g/mol. The van der Waals surface area contributed by atoms with Crippen LogP contribution in [0.1, 0.15) is 0 Å². The second kappa shape index (κ2) is 27.3. The van der Waals surface area contributed by atoms with Crippen LogP contribution in [0.2, 0.25) is 0 Å². The smallest absolute Gasteiger partial charge is 1.00 e. The van der Waals surface area contributed by atoms with Gasteiger partial charge in [-0.05, 0) is 0 Å². The predicted molar refractivity (Wildman–Crippen MR) is 88.1 cm³/mol. The van der Waals surface area contributed by atoms with Gasteiger partial charge in [-0.2, -0.15) is 72.8 Å². The summed E-state index contributed by atoms with van der Waals surface area (Å²) < 4.78 is 0. The van der Waals surface area contributed by atoms with Crippen molar-refractivity contribution < 1.29 is 68.2 Å². The van der Waals surface area contributed by atoms with Crippen molar-refractivity contribution in [3.8, 4) is 0 Å². The number of hydrogen-bond acceptors (Lipinski definition) is 0. The molecular formula is C20H20Cl2Ti2. The van der Waals surface area contributed by atoms with Gasteiger partial charge >= 0.3 is 43.4 Å². The summed E-state index contributed by atoms with van der Waals surface area (Å²) in [6.45, 7) is 0. The zero-order chi connectivity index (χ0) is 14.1. The molecule has 4 heteroatoms. The summed E-state index contributed by atoms with van der Waals surface area (Å²) in [5.41, 5.74) is 0. The Balaban J connectivity index is -0.000000105. The average molecular weight is 427 g/mol. The van der Waals surface area contributed by atoms with Gasteiger partial charge in [0.1, 0.15) is 0 Å². The Morgan fingerprint density at radius 1 is 0.292 bits per heavy atom. The summed E-state index contributed by atoms with van der Waals surface area (Å²) in [6, 6.07) is 40.0. The van der Waals surface area contributed by atoms with Crippen molar-refractivity contribution in [3.05, 3.63) is 121 Å². The van der Waals surface area contributed by atoms with Crippen LogP contribution in [-0.2, 0) is 43.4 Å². The van der Waals surface area contributed by atoms with Crippen LogP contribution in [0.15, 0.2) is 121 Å². The summed E-state index contributed by atoms with van der Waals surface area (Å²) in [7, 11) is 0. The van der Waals surface area contributed by atoms with E-state index in [2.05, 4.69) is 0 Å². The molecule has 0 bridgehead atoms. The minimum Gasteiger partial charge on any atom is -1.00 e. The fraction of sp³-hybridized carbons (Fsp3) is 0. The van der Waals surface area contributed by atoms with Gasteiger partial charge in [-0.3, -0.25) is 0 Å². The minimum absolute atomic E-state index is 0.